The lowest BCUT2D eigenvalue weighted by Crippen LogP contribution is -2.41. The van der Waals surface area contributed by atoms with Crippen LogP contribution in [0.2, 0.25) is 0 Å². The lowest BCUT2D eigenvalue weighted by atomic mass is 10.1. The van der Waals surface area contributed by atoms with E-state index in [1.54, 1.807) is 12.1 Å². The van der Waals surface area contributed by atoms with Crippen molar-refractivity contribution in [3.8, 4) is 5.88 Å². The molecule has 1 heterocycles. The van der Waals surface area contributed by atoms with Crippen molar-refractivity contribution in [1.82, 2.24) is 10.3 Å². The van der Waals surface area contributed by atoms with Crippen LogP contribution in [-0.2, 0) is 4.79 Å². The number of rotatable bonds is 6. The number of pyridine rings is 1. The molecule has 1 aromatic rings. The molecule has 1 aromatic heterocycles. The Morgan fingerprint density at radius 1 is 1.38 bits per heavy atom. The molecule has 1 amide bonds. The Hall–Kier alpha value is -1.98. The maximum absolute atomic E-state index is 11.7. The van der Waals surface area contributed by atoms with E-state index in [1.165, 1.54) is 0 Å². The molecule has 0 aliphatic carbocycles. The Labute approximate surface area is 126 Å². The van der Waals surface area contributed by atoms with Crippen LogP contribution in [0.25, 0.3) is 0 Å². The highest BCUT2D eigenvalue weighted by molar-refractivity contribution is 5.77. The van der Waals surface area contributed by atoms with E-state index in [9.17, 15) is 4.79 Å². The Balaban J connectivity index is 2.51. The molecule has 0 atom stereocenters. The number of carbonyl (C=O) groups is 1. The fourth-order valence-corrected chi connectivity index (χ4v) is 1.65. The lowest BCUT2D eigenvalue weighted by Gasteiger charge is -2.20. The van der Waals surface area contributed by atoms with Crippen molar-refractivity contribution in [2.24, 2.45) is 0 Å². The van der Waals surface area contributed by atoms with Crippen molar-refractivity contribution in [3.05, 3.63) is 12.1 Å². The van der Waals surface area contributed by atoms with E-state index in [1.807, 2.05) is 34.6 Å². The summed E-state index contributed by atoms with van der Waals surface area (Å²) < 4.78 is 5.52. The summed E-state index contributed by atoms with van der Waals surface area (Å²) in [6.07, 6.45) is 0.386. The SMILES string of the molecule is CC(C)Oc1nc(NCCC(=O)NC(C)(C)C)ccc1N. The molecule has 0 saturated carbocycles. The minimum atomic E-state index is -0.213. The molecule has 0 spiro atoms. The summed E-state index contributed by atoms with van der Waals surface area (Å²) in [5.74, 6) is 1.06. The number of carbonyl (C=O) groups excluding carboxylic acids is 1. The molecule has 0 fully saturated rings. The Morgan fingerprint density at radius 2 is 2.05 bits per heavy atom. The number of aromatic nitrogens is 1. The van der Waals surface area contributed by atoms with Crippen molar-refractivity contribution >= 4 is 17.4 Å². The first kappa shape index (κ1) is 17.1. The molecule has 0 aliphatic heterocycles. The first-order valence-corrected chi connectivity index (χ1v) is 7.15. The highest BCUT2D eigenvalue weighted by atomic mass is 16.5. The number of nitrogen functional groups attached to an aromatic ring is 1. The topological polar surface area (TPSA) is 89.3 Å². The predicted octanol–water partition coefficient (Wildman–Crippen LogP) is 2.17. The number of nitrogens with two attached hydrogens (primary N) is 1. The minimum Gasteiger partial charge on any atom is -0.473 e. The Morgan fingerprint density at radius 3 is 2.62 bits per heavy atom. The normalized spacial score (nSPS) is 11.3. The quantitative estimate of drug-likeness (QED) is 0.748. The van der Waals surface area contributed by atoms with Gasteiger partial charge in [0, 0.05) is 18.5 Å². The van der Waals surface area contributed by atoms with E-state index in [2.05, 4.69) is 15.6 Å². The fraction of sp³-hybridized carbons (Fsp3) is 0.600. The Kier molecular flexibility index (Phi) is 5.81. The van der Waals surface area contributed by atoms with Crippen LogP contribution >= 0.6 is 0 Å². The van der Waals surface area contributed by atoms with Gasteiger partial charge in [0.2, 0.25) is 11.8 Å². The lowest BCUT2D eigenvalue weighted by molar-refractivity contribution is -0.122. The molecule has 0 bridgehead atoms. The number of nitrogens with zero attached hydrogens (tertiary/aromatic N) is 1. The summed E-state index contributed by atoms with van der Waals surface area (Å²) in [7, 11) is 0. The van der Waals surface area contributed by atoms with Crippen LogP contribution in [-0.4, -0.2) is 29.1 Å². The van der Waals surface area contributed by atoms with Crippen molar-refractivity contribution in [3.63, 3.8) is 0 Å². The van der Waals surface area contributed by atoms with E-state index < -0.39 is 0 Å². The monoisotopic (exact) mass is 294 g/mol. The summed E-state index contributed by atoms with van der Waals surface area (Å²) in [6, 6.07) is 3.51. The third kappa shape index (κ3) is 6.83. The highest BCUT2D eigenvalue weighted by Gasteiger charge is 2.13. The average Bonchev–Trinajstić information content (AvgIpc) is 2.30. The summed E-state index contributed by atoms with van der Waals surface area (Å²) >= 11 is 0. The minimum absolute atomic E-state index is 0.00380. The van der Waals surface area contributed by atoms with Gasteiger partial charge < -0.3 is 21.1 Å². The molecule has 0 unspecified atom stereocenters. The van der Waals surface area contributed by atoms with Crippen LogP contribution in [0.1, 0.15) is 41.0 Å². The van der Waals surface area contributed by atoms with Gasteiger partial charge in [-0.05, 0) is 46.8 Å². The largest absolute Gasteiger partial charge is 0.473 e. The second-order valence-corrected chi connectivity index (χ2v) is 6.23. The molecule has 21 heavy (non-hydrogen) atoms. The van der Waals surface area contributed by atoms with Gasteiger partial charge in [-0.15, -0.1) is 0 Å². The van der Waals surface area contributed by atoms with Gasteiger partial charge in [-0.2, -0.15) is 4.98 Å². The number of amides is 1. The molecular weight excluding hydrogens is 268 g/mol. The molecule has 0 aliphatic rings. The van der Waals surface area contributed by atoms with Gasteiger partial charge in [0.05, 0.1) is 11.8 Å². The highest BCUT2D eigenvalue weighted by Crippen LogP contribution is 2.21. The summed E-state index contributed by atoms with van der Waals surface area (Å²) in [5, 5.41) is 6.00. The van der Waals surface area contributed by atoms with Gasteiger partial charge in [0.25, 0.3) is 0 Å². The Bertz CT molecular complexity index is 481. The number of nitrogens with one attached hydrogen (secondary N) is 2. The number of anilines is 2. The van der Waals surface area contributed by atoms with Crippen LogP contribution in [0.5, 0.6) is 5.88 Å². The standard InChI is InChI=1S/C15H26N4O2/c1-10(2)21-14-11(16)6-7-12(18-14)17-9-8-13(20)19-15(3,4)5/h6-7,10H,8-9,16H2,1-5H3,(H,17,18)(H,19,20). The van der Waals surface area contributed by atoms with Crippen molar-refractivity contribution in [2.75, 3.05) is 17.6 Å². The fourth-order valence-electron chi connectivity index (χ4n) is 1.65. The van der Waals surface area contributed by atoms with Crippen LogP contribution in [0.4, 0.5) is 11.5 Å². The zero-order chi connectivity index (χ0) is 16.0. The molecule has 0 radical (unpaired) electrons. The van der Waals surface area contributed by atoms with E-state index in [4.69, 9.17) is 10.5 Å². The van der Waals surface area contributed by atoms with Gasteiger partial charge in [-0.3, -0.25) is 4.79 Å². The van der Waals surface area contributed by atoms with E-state index >= 15 is 0 Å². The molecule has 0 aromatic carbocycles. The maximum atomic E-state index is 11.7. The summed E-state index contributed by atoms with van der Waals surface area (Å²) in [4.78, 5) is 16.0. The van der Waals surface area contributed by atoms with Crippen LogP contribution in [0, 0.1) is 0 Å². The van der Waals surface area contributed by atoms with Gasteiger partial charge >= 0.3 is 0 Å². The molecule has 1 rings (SSSR count). The van der Waals surface area contributed by atoms with E-state index in [-0.39, 0.29) is 17.6 Å². The molecule has 6 nitrogen and oxygen atoms in total. The zero-order valence-electron chi connectivity index (χ0n) is 13.5. The van der Waals surface area contributed by atoms with Crippen LogP contribution < -0.4 is 21.1 Å². The third-order valence-corrected chi connectivity index (χ3v) is 2.41. The summed E-state index contributed by atoms with van der Waals surface area (Å²) in [6.45, 7) is 10.2. The smallest absolute Gasteiger partial charge is 0.239 e. The van der Waals surface area contributed by atoms with Gasteiger partial charge in [0.15, 0.2) is 0 Å². The summed E-state index contributed by atoms with van der Waals surface area (Å²) in [5.41, 5.74) is 6.09. The van der Waals surface area contributed by atoms with Crippen molar-refractivity contribution in [2.45, 2.75) is 52.7 Å². The first-order valence-electron chi connectivity index (χ1n) is 7.15. The maximum Gasteiger partial charge on any atom is 0.239 e. The molecule has 118 valence electrons. The first-order chi connectivity index (χ1) is 9.67. The molecule has 4 N–H and O–H groups in total. The van der Waals surface area contributed by atoms with E-state index in [0.717, 1.165) is 0 Å². The second-order valence-electron chi connectivity index (χ2n) is 6.23. The molecular formula is C15H26N4O2. The zero-order valence-corrected chi connectivity index (χ0v) is 13.5. The van der Waals surface area contributed by atoms with E-state index in [0.29, 0.717) is 30.4 Å². The number of hydrogen-bond donors (Lipinski definition) is 3. The van der Waals surface area contributed by atoms with Gasteiger partial charge in [0.1, 0.15) is 5.82 Å². The predicted molar refractivity (Wildman–Crippen MR) is 85.4 cm³/mol. The van der Waals surface area contributed by atoms with Crippen LogP contribution in [0.3, 0.4) is 0 Å². The molecule has 6 heteroatoms. The van der Waals surface area contributed by atoms with Gasteiger partial charge in [-0.1, -0.05) is 0 Å². The van der Waals surface area contributed by atoms with Gasteiger partial charge in [-0.25, -0.2) is 0 Å². The average molecular weight is 294 g/mol. The third-order valence-electron chi connectivity index (χ3n) is 2.41. The number of ether oxygens (including phenoxy) is 1. The second kappa shape index (κ2) is 7.15. The van der Waals surface area contributed by atoms with Crippen LogP contribution in [0.15, 0.2) is 12.1 Å². The molecule has 0 saturated heterocycles. The number of hydrogen-bond acceptors (Lipinski definition) is 5. The van der Waals surface area contributed by atoms with Crippen molar-refractivity contribution < 1.29 is 9.53 Å². The van der Waals surface area contributed by atoms with Crippen molar-refractivity contribution in [1.29, 1.82) is 0 Å².